The molecule has 1 amide bonds. The van der Waals surface area contributed by atoms with Gasteiger partial charge in [0.1, 0.15) is 4.88 Å². The summed E-state index contributed by atoms with van der Waals surface area (Å²) in [7, 11) is 1.27. The molecule has 9 heteroatoms. The third-order valence-corrected chi connectivity index (χ3v) is 5.31. The summed E-state index contributed by atoms with van der Waals surface area (Å²) in [6.07, 6.45) is 0.560. The molecular weight excluding hydrogens is 324 g/mol. The fraction of sp³-hybridized carbons (Fsp3) is 0.571. The first-order valence-electron chi connectivity index (χ1n) is 7.17. The zero-order valence-electron chi connectivity index (χ0n) is 12.6. The monoisotopic (exact) mass is 340 g/mol. The first-order valence-corrected chi connectivity index (χ1v) is 7.99. The van der Waals surface area contributed by atoms with E-state index in [0.717, 1.165) is 11.3 Å². The van der Waals surface area contributed by atoms with Crippen LogP contribution in [0.5, 0.6) is 0 Å². The van der Waals surface area contributed by atoms with E-state index in [2.05, 4.69) is 15.0 Å². The maximum atomic E-state index is 12.5. The van der Waals surface area contributed by atoms with Crippen LogP contribution in [0.15, 0.2) is 0 Å². The highest BCUT2D eigenvalue weighted by Gasteiger charge is 2.55. The number of aryl methyl sites for hydroxylation is 1. The molecule has 1 aromatic rings. The number of esters is 1. The molecule has 0 unspecified atom stereocenters. The van der Waals surface area contributed by atoms with Gasteiger partial charge >= 0.3 is 11.9 Å². The minimum atomic E-state index is -1.03. The number of fused-ring (bicyclic) bond motifs is 2. The quantitative estimate of drug-likeness (QED) is 0.787. The number of ether oxygens (including phenoxy) is 2. The Morgan fingerprint density at radius 2 is 1.96 bits per heavy atom. The number of aromatic nitrogens is 1. The van der Waals surface area contributed by atoms with Gasteiger partial charge in [0.25, 0.3) is 0 Å². The van der Waals surface area contributed by atoms with Gasteiger partial charge in [-0.05, 0) is 19.8 Å². The Kier molecular flexibility index (Phi) is 4.07. The molecule has 0 aliphatic carbocycles. The molecule has 2 bridgehead atoms. The predicted octanol–water partition coefficient (Wildman–Crippen LogP) is 1.05. The third kappa shape index (κ3) is 2.70. The predicted molar refractivity (Wildman–Crippen MR) is 79.3 cm³/mol. The lowest BCUT2D eigenvalue weighted by molar-refractivity contribution is -0.147. The number of nitrogens with one attached hydrogen (secondary N) is 1. The molecule has 4 atom stereocenters. The number of rotatable bonds is 4. The summed E-state index contributed by atoms with van der Waals surface area (Å²) in [4.78, 5) is 39.9. The number of thiazole rings is 1. The van der Waals surface area contributed by atoms with Crippen LogP contribution >= 0.6 is 11.3 Å². The first-order chi connectivity index (χ1) is 10.9. The number of aliphatic carboxylic acids is 1. The molecule has 2 fully saturated rings. The lowest BCUT2D eigenvalue weighted by atomic mass is 9.79. The number of anilines is 1. The van der Waals surface area contributed by atoms with Crippen LogP contribution in [0, 0.1) is 18.8 Å². The lowest BCUT2D eigenvalue weighted by Gasteiger charge is -2.23. The van der Waals surface area contributed by atoms with Gasteiger partial charge in [-0.3, -0.25) is 9.59 Å². The fourth-order valence-electron chi connectivity index (χ4n) is 3.25. The Balaban J connectivity index is 1.77. The number of hydrogen-bond donors (Lipinski definition) is 2. The van der Waals surface area contributed by atoms with Gasteiger partial charge < -0.3 is 19.9 Å². The maximum absolute atomic E-state index is 12.5. The smallest absolute Gasteiger partial charge is 0.350 e. The topological polar surface area (TPSA) is 115 Å². The fourth-order valence-corrected chi connectivity index (χ4v) is 4.13. The normalized spacial score (nSPS) is 28.6. The number of carbonyl (C=O) groups is 3. The maximum Gasteiger partial charge on any atom is 0.350 e. The Bertz CT molecular complexity index is 672. The Hall–Kier alpha value is -2.00. The Labute approximate surface area is 135 Å². The third-order valence-electron chi connectivity index (χ3n) is 4.26. The first kappa shape index (κ1) is 15.9. The highest BCUT2D eigenvalue weighted by molar-refractivity contribution is 7.17. The summed E-state index contributed by atoms with van der Waals surface area (Å²) >= 11 is 1.00. The molecule has 0 saturated carbocycles. The molecule has 3 heterocycles. The van der Waals surface area contributed by atoms with E-state index in [1.807, 2.05) is 0 Å². The molecule has 2 aliphatic rings. The van der Waals surface area contributed by atoms with Crippen LogP contribution < -0.4 is 5.32 Å². The van der Waals surface area contributed by atoms with Crippen LogP contribution in [0.25, 0.3) is 0 Å². The number of carbonyl (C=O) groups excluding carboxylic acids is 2. The molecule has 0 spiro atoms. The van der Waals surface area contributed by atoms with E-state index in [-0.39, 0.29) is 11.2 Å². The minimum absolute atomic E-state index is 0.250. The number of methoxy groups -OCH3 is 1. The second kappa shape index (κ2) is 5.89. The van der Waals surface area contributed by atoms with Crippen molar-refractivity contribution in [2.75, 3.05) is 12.4 Å². The van der Waals surface area contributed by atoms with Gasteiger partial charge in [-0.2, -0.15) is 0 Å². The average Bonchev–Trinajstić information content (AvgIpc) is 3.19. The van der Waals surface area contributed by atoms with Crippen LogP contribution in [-0.4, -0.2) is 47.3 Å². The van der Waals surface area contributed by atoms with Gasteiger partial charge in [0, 0.05) is 0 Å². The molecule has 1 aromatic heterocycles. The molecular formula is C14H16N2O6S. The summed E-state index contributed by atoms with van der Waals surface area (Å²) in [5.74, 6) is -3.56. The highest BCUT2D eigenvalue weighted by Crippen LogP contribution is 2.44. The van der Waals surface area contributed by atoms with Crippen LogP contribution in [0.4, 0.5) is 5.13 Å². The molecule has 2 saturated heterocycles. The zero-order chi connectivity index (χ0) is 16.7. The number of nitrogens with zero attached hydrogens (tertiary/aromatic N) is 1. The number of carboxylic acids is 1. The molecule has 8 nitrogen and oxygen atoms in total. The van der Waals surface area contributed by atoms with Crippen molar-refractivity contribution in [3.8, 4) is 0 Å². The average molecular weight is 340 g/mol. The standard InChI is InChI=1S/C14H16N2O6S/c1-5-10(13(20)21-2)23-14(15-5)16-11(17)8-6-3-4-7(22-6)9(8)12(18)19/h6-9H,3-4H2,1-2H3,(H,18,19)(H,15,16,17)/t6-,7-,8-,9-/m0/s1. The molecule has 0 aromatic carbocycles. The molecule has 2 N–H and O–H groups in total. The summed E-state index contributed by atoms with van der Waals surface area (Å²) in [5, 5.41) is 12.2. The molecule has 0 radical (unpaired) electrons. The van der Waals surface area contributed by atoms with Gasteiger partial charge in [0.15, 0.2) is 5.13 Å². The van der Waals surface area contributed by atoms with E-state index < -0.39 is 35.8 Å². The van der Waals surface area contributed by atoms with Crippen molar-refractivity contribution < 1.29 is 29.0 Å². The van der Waals surface area contributed by atoms with Gasteiger partial charge in [0.2, 0.25) is 5.91 Å². The van der Waals surface area contributed by atoms with Crippen LogP contribution in [0.2, 0.25) is 0 Å². The second-order valence-electron chi connectivity index (χ2n) is 5.59. The summed E-state index contributed by atoms with van der Waals surface area (Å²) < 4.78 is 10.2. The zero-order valence-corrected chi connectivity index (χ0v) is 13.4. The van der Waals surface area contributed by atoms with E-state index in [1.165, 1.54) is 7.11 Å². The molecule has 124 valence electrons. The van der Waals surface area contributed by atoms with Crippen molar-refractivity contribution >= 4 is 34.3 Å². The Morgan fingerprint density at radius 3 is 2.57 bits per heavy atom. The van der Waals surface area contributed by atoms with Crippen molar-refractivity contribution in [2.24, 2.45) is 11.8 Å². The van der Waals surface area contributed by atoms with Gasteiger partial charge in [-0.15, -0.1) is 0 Å². The summed E-state index contributed by atoms with van der Waals surface area (Å²) in [6, 6.07) is 0. The van der Waals surface area contributed by atoms with E-state index in [1.54, 1.807) is 6.92 Å². The molecule has 3 rings (SSSR count). The summed E-state index contributed by atoms with van der Waals surface area (Å²) in [5.41, 5.74) is 0.455. The second-order valence-corrected chi connectivity index (χ2v) is 6.59. The van der Waals surface area contributed by atoms with E-state index in [9.17, 15) is 19.5 Å². The van der Waals surface area contributed by atoms with Crippen molar-refractivity contribution in [1.29, 1.82) is 0 Å². The van der Waals surface area contributed by atoms with Crippen molar-refractivity contribution in [3.63, 3.8) is 0 Å². The van der Waals surface area contributed by atoms with Crippen LogP contribution in [0.1, 0.15) is 28.2 Å². The van der Waals surface area contributed by atoms with Crippen molar-refractivity contribution in [2.45, 2.75) is 32.0 Å². The SMILES string of the molecule is COC(=O)c1sc(NC(=O)[C@@H]2[C@@H](C(=O)O)[C@@H]3CC[C@@H]2O3)nc1C. The highest BCUT2D eigenvalue weighted by atomic mass is 32.1. The number of carboxylic acid groups (broad SMARTS) is 1. The minimum Gasteiger partial charge on any atom is -0.481 e. The summed E-state index contributed by atoms with van der Waals surface area (Å²) in [6.45, 7) is 1.64. The van der Waals surface area contributed by atoms with Gasteiger partial charge in [-0.25, -0.2) is 9.78 Å². The van der Waals surface area contributed by atoms with Gasteiger partial charge in [0.05, 0.1) is 36.8 Å². The van der Waals surface area contributed by atoms with Crippen LogP contribution in [-0.2, 0) is 19.1 Å². The van der Waals surface area contributed by atoms with Crippen molar-refractivity contribution in [1.82, 2.24) is 4.98 Å². The molecule has 23 heavy (non-hydrogen) atoms. The number of amides is 1. The number of hydrogen-bond acceptors (Lipinski definition) is 7. The van der Waals surface area contributed by atoms with E-state index in [4.69, 9.17) is 4.74 Å². The molecule has 2 aliphatic heterocycles. The van der Waals surface area contributed by atoms with Crippen molar-refractivity contribution in [3.05, 3.63) is 10.6 Å². The Morgan fingerprint density at radius 1 is 1.30 bits per heavy atom. The van der Waals surface area contributed by atoms with E-state index in [0.29, 0.717) is 23.4 Å². The lowest BCUT2D eigenvalue weighted by Crippen LogP contribution is -2.40. The van der Waals surface area contributed by atoms with Crippen LogP contribution in [0.3, 0.4) is 0 Å². The van der Waals surface area contributed by atoms with E-state index >= 15 is 0 Å². The van der Waals surface area contributed by atoms with Gasteiger partial charge in [-0.1, -0.05) is 11.3 Å². The largest absolute Gasteiger partial charge is 0.481 e.